The van der Waals surface area contributed by atoms with Gasteiger partial charge in [0.15, 0.2) is 5.75 Å². The lowest BCUT2D eigenvalue weighted by atomic mass is 10.1. The zero-order valence-electron chi connectivity index (χ0n) is 15.0. The van der Waals surface area contributed by atoms with Gasteiger partial charge in [-0.3, -0.25) is 14.6 Å². The molecule has 9 heteroatoms. The molecule has 0 saturated carbocycles. The number of amides is 2. The van der Waals surface area contributed by atoms with Crippen LogP contribution >= 0.6 is 24.8 Å². The Kier molecular flexibility index (Phi) is 11.1. The Morgan fingerprint density at radius 2 is 1.81 bits per heavy atom. The summed E-state index contributed by atoms with van der Waals surface area (Å²) in [5.41, 5.74) is 6.15. The highest BCUT2D eigenvalue weighted by Crippen LogP contribution is 2.28. The van der Waals surface area contributed by atoms with Crippen LogP contribution in [0.4, 0.5) is 5.69 Å². The Bertz CT molecular complexity index is 730. The molecular weight excluding hydrogens is 391 g/mol. The highest BCUT2D eigenvalue weighted by Gasteiger charge is 2.18. The third-order valence-corrected chi connectivity index (χ3v) is 3.47. The number of nitrogens with zero attached hydrogens (tertiary/aromatic N) is 1. The van der Waals surface area contributed by atoms with E-state index in [1.165, 1.54) is 6.20 Å². The van der Waals surface area contributed by atoms with Crippen molar-refractivity contribution in [2.45, 2.75) is 19.9 Å². The van der Waals surface area contributed by atoms with E-state index in [1.807, 2.05) is 32.0 Å². The largest absolute Gasteiger partial charge is 0.455 e. The van der Waals surface area contributed by atoms with E-state index < -0.39 is 11.9 Å². The van der Waals surface area contributed by atoms with Crippen LogP contribution in [0.5, 0.6) is 11.5 Å². The molecule has 27 heavy (non-hydrogen) atoms. The number of para-hydroxylation sites is 1. The minimum absolute atomic E-state index is 0. The molecule has 148 valence electrons. The van der Waals surface area contributed by atoms with Crippen LogP contribution in [0.2, 0.25) is 0 Å². The van der Waals surface area contributed by atoms with E-state index in [9.17, 15) is 9.59 Å². The Balaban J connectivity index is 0.00000338. The van der Waals surface area contributed by atoms with Gasteiger partial charge in [0.05, 0.1) is 18.8 Å². The van der Waals surface area contributed by atoms with E-state index in [0.717, 1.165) is 0 Å². The van der Waals surface area contributed by atoms with E-state index in [1.54, 1.807) is 24.4 Å². The number of rotatable bonds is 7. The van der Waals surface area contributed by atoms with Crippen LogP contribution in [-0.4, -0.2) is 29.4 Å². The van der Waals surface area contributed by atoms with Crippen LogP contribution in [-0.2, 0) is 9.59 Å². The second kappa shape index (κ2) is 12.1. The van der Waals surface area contributed by atoms with Gasteiger partial charge in [-0.2, -0.15) is 0 Å². The lowest BCUT2D eigenvalue weighted by molar-refractivity contribution is -0.125. The number of hydrogen-bond acceptors (Lipinski definition) is 5. The molecule has 2 rings (SSSR count). The molecule has 0 spiro atoms. The molecule has 2 aromatic rings. The molecule has 0 aliphatic carbocycles. The maximum absolute atomic E-state index is 12.1. The Morgan fingerprint density at radius 3 is 2.44 bits per heavy atom. The number of carbonyl (C=O) groups excluding carboxylic acids is 2. The number of ether oxygens (including phenoxy) is 1. The van der Waals surface area contributed by atoms with Gasteiger partial charge in [-0.25, -0.2) is 0 Å². The highest BCUT2D eigenvalue weighted by molar-refractivity contribution is 5.96. The van der Waals surface area contributed by atoms with Crippen molar-refractivity contribution in [2.24, 2.45) is 11.7 Å². The molecule has 1 heterocycles. The van der Waals surface area contributed by atoms with Gasteiger partial charge < -0.3 is 21.1 Å². The van der Waals surface area contributed by atoms with E-state index >= 15 is 0 Å². The van der Waals surface area contributed by atoms with Crippen LogP contribution < -0.4 is 21.1 Å². The first-order chi connectivity index (χ1) is 12.0. The zero-order valence-corrected chi connectivity index (χ0v) is 16.7. The van der Waals surface area contributed by atoms with Gasteiger partial charge in [0, 0.05) is 12.3 Å². The summed E-state index contributed by atoms with van der Waals surface area (Å²) in [6, 6.07) is 10.2. The first-order valence-corrected chi connectivity index (χ1v) is 7.97. The average molecular weight is 415 g/mol. The quantitative estimate of drug-likeness (QED) is 0.645. The van der Waals surface area contributed by atoms with E-state index in [0.29, 0.717) is 17.2 Å². The maximum atomic E-state index is 12.1. The average Bonchev–Trinajstić information content (AvgIpc) is 2.61. The maximum Gasteiger partial charge on any atom is 0.243 e. The number of hydrogen-bond donors (Lipinski definition) is 3. The van der Waals surface area contributed by atoms with Crippen molar-refractivity contribution in [1.82, 2.24) is 10.3 Å². The number of benzene rings is 1. The third kappa shape index (κ3) is 7.82. The van der Waals surface area contributed by atoms with Gasteiger partial charge in [0.1, 0.15) is 11.4 Å². The SMILES string of the molecule is CC(C)[C@H](N)C(=O)NCC(=O)Nc1cnccc1Oc1ccccc1.Cl.Cl. The van der Waals surface area contributed by atoms with Crippen LogP contribution in [0.3, 0.4) is 0 Å². The van der Waals surface area contributed by atoms with Gasteiger partial charge in [0.25, 0.3) is 0 Å². The van der Waals surface area contributed by atoms with Gasteiger partial charge in [0.2, 0.25) is 11.8 Å². The van der Waals surface area contributed by atoms with Crippen LogP contribution in [0.15, 0.2) is 48.8 Å². The summed E-state index contributed by atoms with van der Waals surface area (Å²) in [6.07, 6.45) is 3.05. The first-order valence-electron chi connectivity index (χ1n) is 7.97. The van der Waals surface area contributed by atoms with Gasteiger partial charge in [-0.15, -0.1) is 24.8 Å². The van der Waals surface area contributed by atoms with Gasteiger partial charge >= 0.3 is 0 Å². The Labute approximate surface area is 170 Å². The summed E-state index contributed by atoms with van der Waals surface area (Å²) in [6.45, 7) is 3.50. The standard InChI is InChI=1S/C18H22N4O3.2ClH/c1-12(2)17(19)18(24)21-11-16(23)22-14-10-20-9-8-15(14)25-13-6-4-3-5-7-13;;/h3-10,12,17H,11,19H2,1-2H3,(H,21,24)(H,22,23);2*1H/t17-;;/m0../s1. The fraction of sp³-hybridized carbons (Fsp3) is 0.278. The predicted octanol–water partition coefficient (Wildman–Crippen LogP) is 2.76. The topological polar surface area (TPSA) is 106 Å². The lowest BCUT2D eigenvalue weighted by Gasteiger charge is -2.15. The molecule has 0 bridgehead atoms. The van der Waals surface area contributed by atoms with Crippen LogP contribution in [0.25, 0.3) is 0 Å². The predicted molar refractivity (Wildman–Crippen MR) is 110 cm³/mol. The number of pyridine rings is 1. The minimum atomic E-state index is -0.650. The molecule has 0 aliphatic heterocycles. The summed E-state index contributed by atoms with van der Waals surface area (Å²) in [4.78, 5) is 27.8. The molecule has 0 saturated heterocycles. The Morgan fingerprint density at radius 1 is 1.15 bits per heavy atom. The first kappa shape index (κ1) is 24.7. The normalized spacial score (nSPS) is 10.8. The molecule has 7 nitrogen and oxygen atoms in total. The number of nitrogens with two attached hydrogens (primary N) is 1. The molecule has 0 aliphatic rings. The van der Waals surface area contributed by atoms with E-state index in [2.05, 4.69) is 15.6 Å². The molecule has 2 amide bonds. The Hall–Kier alpha value is -2.35. The van der Waals surface area contributed by atoms with Gasteiger partial charge in [-0.05, 0) is 18.1 Å². The summed E-state index contributed by atoms with van der Waals surface area (Å²) < 4.78 is 5.74. The summed E-state index contributed by atoms with van der Waals surface area (Å²) in [5, 5.41) is 5.19. The molecule has 1 aromatic heterocycles. The number of nitrogens with one attached hydrogen (secondary N) is 2. The van der Waals surface area contributed by atoms with Crippen molar-refractivity contribution in [2.75, 3.05) is 11.9 Å². The number of anilines is 1. The molecule has 0 fully saturated rings. The van der Waals surface area contributed by atoms with Crippen molar-refractivity contribution in [3.63, 3.8) is 0 Å². The smallest absolute Gasteiger partial charge is 0.243 e. The van der Waals surface area contributed by atoms with Gasteiger partial charge in [-0.1, -0.05) is 32.0 Å². The fourth-order valence-electron chi connectivity index (χ4n) is 1.96. The summed E-state index contributed by atoms with van der Waals surface area (Å²) in [7, 11) is 0. The van der Waals surface area contributed by atoms with E-state index in [4.69, 9.17) is 10.5 Å². The molecular formula is C18H24Cl2N4O3. The van der Waals surface area contributed by atoms with Crippen LogP contribution in [0.1, 0.15) is 13.8 Å². The molecule has 4 N–H and O–H groups in total. The molecule has 0 radical (unpaired) electrons. The monoisotopic (exact) mass is 414 g/mol. The third-order valence-electron chi connectivity index (χ3n) is 3.47. The number of halogens is 2. The van der Waals surface area contributed by atoms with E-state index in [-0.39, 0.29) is 43.2 Å². The lowest BCUT2D eigenvalue weighted by Crippen LogP contribution is -2.46. The van der Waals surface area contributed by atoms with Crippen molar-refractivity contribution in [3.05, 3.63) is 48.8 Å². The van der Waals surface area contributed by atoms with Crippen molar-refractivity contribution < 1.29 is 14.3 Å². The number of carbonyl (C=O) groups is 2. The second-order valence-corrected chi connectivity index (χ2v) is 5.82. The molecule has 0 unspecified atom stereocenters. The minimum Gasteiger partial charge on any atom is -0.455 e. The summed E-state index contributed by atoms with van der Waals surface area (Å²) in [5.74, 6) is 0.333. The fourth-order valence-corrected chi connectivity index (χ4v) is 1.96. The zero-order chi connectivity index (χ0) is 18.2. The van der Waals surface area contributed by atoms with Crippen molar-refractivity contribution >= 4 is 42.3 Å². The highest BCUT2D eigenvalue weighted by atomic mass is 35.5. The van der Waals surface area contributed by atoms with Crippen molar-refractivity contribution in [1.29, 1.82) is 0 Å². The number of aromatic nitrogens is 1. The molecule has 1 aromatic carbocycles. The molecule has 1 atom stereocenters. The van der Waals surface area contributed by atoms with Crippen molar-refractivity contribution in [3.8, 4) is 11.5 Å². The summed E-state index contributed by atoms with van der Waals surface area (Å²) >= 11 is 0. The second-order valence-electron chi connectivity index (χ2n) is 5.82. The van der Waals surface area contributed by atoms with Crippen LogP contribution in [0, 0.1) is 5.92 Å².